The molecule has 174 valence electrons. The van der Waals surface area contributed by atoms with Crippen LogP contribution in [0.3, 0.4) is 0 Å². The van der Waals surface area contributed by atoms with E-state index in [1.54, 1.807) is 0 Å². The standard InChI is InChI=1S/C28H32BN3O2/c1-18-5-7-24-20(15-18)22-17-23-21-16-19(29-2)6-8-25(21)31-27(23)28(26(22)30-24)34-12-4-3-9-32-10-13-33-14-11-32/h5-8,15-17,29-31H,3-4,9-14H2,1-2H3. The molecule has 6 heteroatoms. The van der Waals surface area contributed by atoms with E-state index >= 15 is 0 Å². The predicted octanol–water partition coefficient (Wildman–Crippen LogP) is 4.87. The maximum absolute atomic E-state index is 6.56. The molecule has 0 atom stereocenters. The molecular formula is C28H32BN3O2. The van der Waals surface area contributed by atoms with Gasteiger partial charge in [0.05, 0.1) is 30.9 Å². The summed E-state index contributed by atoms with van der Waals surface area (Å²) in [5.41, 5.74) is 7.12. The smallest absolute Gasteiger partial charge is 0.167 e. The molecule has 1 aliphatic rings. The van der Waals surface area contributed by atoms with E-state index in [4.69, 9.17) is 9.47 Å². The monoisotopic (exact) mass is 453 g/mol. The van der Waals surface area contributed by atoms with Crippen LogP contribution in [0.25, 0.3) is 43.6 Å². The van der Waals surface area contributed by atoms with E-state index in [9.17, 15) is 0 Å². The van der Waals surface area contributed by atoms with Crippen LogP contribution < -0.4 is 10.2 Å². The summed E-state index contributed by atoms with van der Waals surface area (Å²) in [4.78, 5) is 9.82. The number of aromatic amines is 2. The Kier molecular flexibility index (Phi) is 5.71. The van der Waals surface area contributed by atoms with Crippen LogP contribution in [0.4, 0.5) is 0 Å². The number of unbranched alkanes of at least 4 members (excludes halogenated alkanes) is 1. The molecule has 0 bridgehead atoms. The Hall–Kier alpha value is -2.96. The maximum Gasteiger partial charge on any atom is 0.167 e. The Morgan fingerprint density at radius 1 is 0.882 bits per heavy atom. The lowest BCUT2D eigenvalue weighted by Gasteiger charge is -2.26. The Labute approximate surface area is 200 Å². The van der Waals surface area contributed by atoms with Crippen molar-refractivity contribution in [2.24, 2.45) is 0 Å². The van der Waals surface area contributed by atoms with Gasteiger partial charge in [-0.05, 0) is 50.6 Å². The Morgan fingerprint density at radius 2 is 1.59 bits per heavy atom. The number of rotatable bonds is 7. The summed E-state index contributed by atoms with van der Waals surface area (Å²) in [5, 5.41) is 5.01. The van der Waals surface area contributed by atoms with Gasteiger partial charge in [-0.1, -0.05) is 36.0 Å². The highest BCUT2D eigenvalue weighted by molar-refractivity contribution is 6.52. The zero-order chi connectivity index (χ0) is 23.1. The minimum atomic E-state index is 0.711. The van der Waals surface area contributed by atoms with Crippen LogP contribution in [0.5, 0.6) is 5.75 Å². The highest BCUT2D eigenvalue weighted by Crippen LogP contribution is 2.41. The SMILES string of the molecule is CBc1ccc2[nH]c3c(OCCCCN4CCOCC4)c4[nH]c5ccc(C)cc5c4cc3c2c1. The average Bonchev–Trinajstić information content (AvgIpc) is 3.41. The Bertz CT molecular complexity index is 1480. The number of nitrogens with one attached hydrogen (secondary N) is 2. The summed E-state index contributed by atoms with van der Waals surface area (Å²) in [6.07, 6.45) is 2.17. The van der Waals surface area contributed by atoms with E-state index in [2.05, 4.69) is 71.1 Å². The molecule has 2 aromatic heterocycles. The molecule has 0 aliphatic carbocycles. The second-order valence-corrected chi connectivity index (χ2v) is 9.59. The number of aromatic nitrogens is 2. The van der Waals surface area contributed by atoms with E-state index in [0.717, 1.165) is 80.8 Å². The zero-order valence-corrected chi connectivity index (χ0v) is 20.2. The molecular weight excluding hydrogens is 421 g/mol. The van der Waals surface area contributed by atoms with Gasteiger partial charge >= 0.3 is 0 Å². The third kappa shape index (κ3) is 3.85. The number of hydrogen-bond acceptors (Lipinski definition) is 3. The molecule has 0 spiro atoms. The van der Waals surface area contributed by atoms with Crippen LogP contribution in [-0.4, -0.2) is 61.6 Å². The molecule has 3 heterocycles. The van der Waals surface area contributed by atoms with Gasteiger partial charge in [-0.3, -0.25) is 4.90 Å². The first kappa shape index (κ1) is 21.6. The van der Waals surface area contributed by atoms with Crippen LogP contribution in [0.15, 0.2) is 42.5 Å². The molecule has 2 N–H and O–H groups in total. The number of benzene rings is 3. The topological polar surface area (TPSA) is 53.3 Å². The van der Waals surface area contributed by atoms with Crippen LogP contribution in [0.1, 0.15) is 18.4 Å². The van der Waals surface area contributed by atoms with Gasteiger partial charge in [-0.15, -0.1) is 0 Å². The first-order chi connectivity index (χ1) is 16.7. The summed E-state index contributed by atoms with van der Waals surface area (Å²) in [6, 6.07) is 15.7. The second-order valence-electron chi connectivity index (χ2n) is 9.59. The van der Waals surface area contributed by atoms with Crippen molar-refractivity contribution in [2.75, 3.05) is 39.5 Å². The van der Waals surface area contributed by atoms with Crippen molar-refractivity contribution in [3.63, 3.8) is 0 Å². The Morgan fingerprint density at radius 3 is 2.32 bits per heavy atom. The second kappa shape index (κ2) is 9.01. The van der Waals surface area contributed by atoms with Gasteiger partial charge in [0.1, 0.15) is 0 Å². The molecule has 34 heavy (non-hydrogen) atoms. The van der Waals surface area contributed by atoms with Gasteiger partial charge in [-0.25, -0.2) is 0 Å². The number of aryl methyl sites for hydroxylation is 1. The summed E-state index contributed by atoms with van der Waals surface area (Å²) in [5.74, 6) is 0.946. The van der Waals surface area contributed by atoms with Crippen LogP contribution >= 0.6 is 0 Å². The minimum Gasteiger partial charge on any atom is -0.489 e. The number of H-pyrrole nitrogens is 2. The molecule has 0 amide bonds. The summed E-state index contributed by atoms with van der Waals surface area (Å²) in [7, 11) is 1.03. The van der Waals surface area contributed by atoms with Gasteiger partial charge in [0.15, 0.2) is 13.0 Å². The molecule has 3 aromatic carbocycles. The van der Waals surface area contributed by atoms with Gasteiger partial charge in [-0.2, -0.15) is 0 Å². The number of ether oxygens (including phenoxy) is 2. The highest BCUT2D eigenvalue weighted by Gasteiger charge is 2.18. The molecule has 1 fully saturated rings. The van der Waals surface area contributed by atoms with Gasteiger partial charge in [0.2, 0.25) is 0 Å². The summed E-state index contributed by atoms with van der Waals surface area (Å²) >= 11 is 0. The molecule has 1 saturated heterocycles. The average molecular weight is 453 g/mol. The van der Waals surface area contributed by atoms with Crippen molar-refractivity contribution in [2.45, 2.75) is 26.6 Å². The lowest BCUT2D eigenvalue weighted by atomic mass is 9.73. The fourth-order valence-electron chi connectivity index (χ4n) is 5.31. The van der Waals surface area contributed by atoms with E-state index < -0.39 is 0 Å². The third-order valence-electron chi connectivity index (χ3n) is 7.27. The van der Waals surface area contributed by atoms with E-state index in [1.165, 1.54) is 32.6 Å². The first-order valence-electron chi connectivity index (χ1n) is 12.6. The first-order valence-corrected chi connectivity index (χ1v) is 12.6. The summed E-state index contributed by atoms with van der Waals surface area (Å²) in [6.45, 7) is 10.00. The highest BCUT2D eigenvalue weighted by atomic mass is 16.5. The summed E-state index contributed by atoms with van der Waals surface area (Å²) < 4.78 is 12.0. The zero-order valence-electron chi connectivity index (χ0n) is 20.2. The molecule has 5 aromatic rings. The number of morpholine rings is 1. The van der Waals surface area contributed by atoms with Gasteiger partial charge < -0.3 is 19.4 Å². The quantitative estimate of drug-likeness (QED) is 0.273. The predicted molar refractivity (Wildman–Crippen MR) is 145 cm³/mol. The number of nitrogens with zero attached hydrogens (tertiary/aromatic N) is 1. The van der Waals surface area contributed by atoms with Crippen molar-refractivity contribution >= 4 is 56.4 Å². The van der Waals surface area contributed by atoms with Crippen molar-refractivity contribution < 1.29 is 9.47 Å². The molecule has 1 aliphatic heterocycles. The van der Waals surface area contributed by atoms with Crippen molar-refractivity contribution in [3.8, 4) is 5.75 Å². The van der Waals surface area contributed by atoms with Gasteiger partial charge in [0.25, 0.3) is 0 Å². The van der Waals surface area contributed by atoms with Crippen LogP contribution in [0.2, 0.25) is 6.82 Å². The largest absolute Gasteiger partial charge is 0.489 e. The normalized spacial score (nSPS) is 15.1. The third-order valence-corrected chi connectivity index (χ3v) is 7.27. The van der Waals surface area contributed by atoms with Crippen molar-refractivity contribution in [1.82, 2.24) is 14.9 Å². The Balaban J connectivity index is 1.39. The van der Waals surface area contributed by atoms with Crippen LogP contribution in [0, 0.1) is 6.92 Å². The lowest BCUT2D eigenvalue weighted by molar-refractivity contribution is 0.0368. The van der Waals surface area contributed by atoms with E-state index in [1.807, 2.05) is 0 Å². The fourth-order valence-corrected chi connectivity index (χ4v) is 5.31. The minimum absolute atomic E-state index is 0.711. The molecule has 5 nitrogen and oxygen atoms in total. The molecule has 6 rings (SSSR count). The van der Waals surface area contributed by atoms with Gasteiger partial charge in [0, 0.05) is 45.7 Å². The van der Waals surface area contributed by atoms with E-state index in [-0.39, 0.29) is 0 Å². The van der Waals surface area contributed by atoms with Crippen LogP contribution in [-0.2, 0) is 4.74 Å². The lowest BCUT2D eigenvalue weighted by Crippen LogP contribution is -2.36. The fraction of sp³-hybridized carbons (Fsp3) is 0.357. The van der Waals surface area contributed by atoms with Crippen molar-refractivity contribution in [3.05, 3.63) is 48.0 Å². The number of hydrogen-bond donors (Lipinski definition) is 2. The molecule has 0 radical (unpaired) electrons. The van der Waals surface area contributed by atoms with Crippen molar-refractivity contribution in [1.29, 1.82) is 0 Å². The molecule has 0 unspecified atom stereocenters. The molecule has 0 saturated carbocycles. The maximum atomic E-state index is 6.56. The van der Waals surface area contributed by atoms with E-state index in [0.29, 0.717) is 6.61 Å². The number of fused-ring (bicyclic) bond motifs is 6.